The van der Waals surface area contributed by atoms with E-state index in [2.05, 4.69) is 14.8 Å². The predicted molar refractivity (Wildman–Crippen MR) is 132 cm³/mol. The number of aromatic nitrogens is 1. The number of rotatable bonds is 12. The molecule has 3 rings (SSSR count). The molecule has 3 N–H and O–H groups in total. The van der Waals surface area contributed by atoms with Crippen molar-refractivity contribution in [3.8, 4) is 0 Å². The fourth-order valence-corrected chi connectivity index (χ4v) is 3.99. The first-order chi connectivity index (χ1) is 17.6. The predicted octanol–water partition coefficient (Wildman–Crippen LogP) is 4.08. The third-order valence-electron chi connectivity index (χ3n) is 5.55. The minimum atomic E-state index is -4.32. The van der Waals surface area contributed by atoms with E-state index in [4.69, 9.17) is 9.26 Å². The number of fused-ring (bicyclic) bond motifs is 1. The van der Waals surface area contributed by atoms with E-state index in [1.54, 1.807) is 24.2 Å². The first-order valence-electron chi connectivity index (χ1n) is 11.2. The lowest BCUT2D eigenvalue weighted by Crippen LogP contribution is -2.40. The fourth-order valence-electron chi connectivity index (χ4n) is 3.52. The Morgan fingerprint density at radius 2 is 1.89 bits per heavy atom. The lowest BCUT2D eigenvalue weighted by atomic mass is 10.1. The van der Waals surface area contributed by atoms with Crippen molar-refractivity contribution in [2.45, 2.75) is 25.1 Å². The number of aliphatic hydroxyl groups is 1. The minimum Gasteiger partial charge on any atom is -0.448 e. The maximum Gasteiger partial charge on any atom is 0.471 e. The molecule has 1 amide bonds. The van der Waals surface area contributed by atoms with Gasteiger partial charge >= 0.3 is 13.9 Å². The summed E-state index contributed by atoms with van der Waals surface area (Å²) < 4.78 is 53.7. The average molecular weight is 539 g/mol. The maximum absolute atomic E-state index is 14.2. The average Bonchev–Trinajstić information content (AvgIpc) is 2.88. The molecule has 0 radical (unpaired) electrons. The molecule has 0 aliphatic carbocycles. The second kappa shape index (κ2) is 13.0. The standard InChI is InChI=1S/C24H28F2N3O7P/c1-29(13-18-8-5-9-21(25)23(18)26)19(11-20(30)15-36-37(32,33)34-2)14-35-24(31)28-22-10-16-6-3-4-7-17(16)12-27-22/h3-10,12,19-20,30H,11,13-15H2,1-2H3,(H,32,33)(H,27,28,31)/t19-,20+/m0/s1. The van der Waals surface area contributed by atoms with Gasteiger partial charge in [-0.3, -0.25) is 19.3 Å². The third-order valence-corrected chi connectivity index (χ3v) is 6.48. The third kappa shape index (κ3) is 8.53. The Kier molecular flexibility index (Phi) is 10.0. The molecule has 1 aromatic heterocycles. The number of hydrogen-bond acceptors (Lipinski definition) is 8. The molecule has 0 fully saturated rings. The van der Waals surface area contributed by atoms with Crippen LogP contribution in [-0.4, -0.2) is 65.5 Å². The van der Waals surface area contributed by atoms with Crippen LogP contribution >= 0.6 is 7.82 Å². The summed E-state index contributed by atoms with van der Waals surface area (Å²) in [7, 11) is -1.77. The van der Waals surface area contributed by atoms with Crippen molar-refractivity contribution in [1.29, 1.82) is 0 Å². The molecule has 3 aromatic rings. The van der Waals surface area contributed by atoms with Crippen LogP contribution < -0.4 is 5.32 Å². The summed E-state index contributed by atoms with van der Waals surface area (Å²) in [5.41, 5.74) is 0.0577. The van der Waals surface area contributed by atoms with Gasteiger partial charge in [-0.2, -0.15) is 0 Å². The summed E-state index contributed by atoms with van der Waals surface area (Å²) in [4.78, 5) is 27.5. The largest absolute Gasteiger partial charge is 0.471 e. The molecule has 0 aliphatic heterocycles. The van der Waals surface area contributed by atoms with Crippen molar-refractivity contribution in [2.24, 2.45) is 0 Å². The number of amides is 1. The molecular formula is C24H28F2N3O7P. The number of phosphoric ester groups is 1. The SMILES string of the molecule is COP(=O)(O)OC[C@H](O)C[C@@H](COC(=O)Nc1cc2ccccc2cn1)N(C)Cc1cccc(F)c1F. The van der Waals surface area contributed by atoms with Crippen LogP contribution in [-0.2, 0) is 24.9 Å². The van der Waals surface area contributed by atoms with E-state index in [0.29, 0.717) is 0 Å². The van der Waals surface area contributed by atoms with Crippen LogP contribution in [0.2, 0.25) is 0 Å². The van der Waals surface area contributed by atoms with Gasteiger partial charge in [0.05, 0.1) is 12.7 Å². The van der Waals surface area contributed by atoms with Crippen LogP contribution in [0.5, 0.6) is 0 Å². The number of nitrogens with zero attached hydrogens (tertiary/aromatic N) is 2. The highest BCUT2D eigenvalue weighted by molar-refractivity contribution is 7.47. The van der Waals surface area contributed by atoms with Crippen molar-refractivity contribution in [2.75, 3.05) is 32.7 Å². The molecule has 0 saturated heterocycles. The molecule has 0 bridgehead atoms. The van der Waals surface area contributed by atoms with E-state index < -0.39 is 44.3 Å². The summed E-state index contributed by atoms with van der Waals surface area (Å²) >= 11 is 0. The van der Waals surface area contributed by atoms with Crippen molar-refractivity contribution in [1.82, 2.24) is 9.88 Å². The number of benzene rings is 2. The van der Waals surface area contributed by atoms with Gasteiger partial charge in [0.1, 0.15) is 12.4 Å². The molecule has 13 heteroatoms. The molecule has 0 aliphatic rings. The van der Waals surface area contributed by atoms with E-state index in [-0.39, 0.29) is 31.0 Å². The van der Waals surface area contributed by atoms with E-state index in [1.165, 1.54) is 12.1 Å². The highest BCUT2D eigenvalue weighted by Crippen LogP contribution is 2.42. The lowest BCUT2D eigenvalue weighted by Gasteiger charge is -2.29. The van der Waals surface area contributed by atoms with Gasteiger partial charge in [-0.05, 0) is 31.0 Å². The second-order valence-corrected chi connectivity index (χ2v) is 9.82. The monoisotopic (exact) mass is 539 g/mol. The summed E-state index contributed by atoms with van der Waals surface area (Å²) in [6.07, 6.45) is -0.582. The minimum absolute atomic E-state index is 0.0577. The molecule has 0 spiro atoms. The Bertz CT molecular complexity index is 1270. The highest BCUT2D eigenvalue weighted by atomic mass is 31.2. The Morgan fingerprint density at radius 1 is 1.16 bits per heavy atom. The van der Waals surface area contributed by atoms with E-state index in [9.17, 15) is 28.1 Å². The molecular weight excluding hydrogens is 511 g/mol. The van der Waals surface area contributed by atoms with Gasteiger partial charge < -0.3 is 14.7 Å². The van der Waals surface area contributed by atoms with Gasteiger partial charge in [0, 0.05) is 36.8 Å². The zero-order valence-electron chi connectivity index (χ0n) is 20.2. The Morgan fingerprint density at radius 3 is 2.62 bits per heavy atom. The first-order valence-corrected chi connectivity index (χ1v) is 12.7. The number of nitrogens with one attached hydrogen (secondary N) is 1. The van der Waals surface area contributed by atoms with Gasteiger partial charge in [0.15, 0.2) is 11.6 Å². The van der Waals surface area contributed by atoms with Crippen LogP contribution in [0, 0.1) is 11.6 Å². The van der Waals surface area contributed by atoms with E-state index in [0.717, 1.165) is 23.9 Å². The number of phosphoric acid groups is 1. The van der Waals surface area contributed by atoms with Crippen LogP contribution in [0.1, 0.15) is 12.0 Å². The number of carbonyl (C=O) groups is 1. The van der Waals surface area contributed by atoms with Crippen molar-refractivity contribution in [3.05, 3.63) is 71.9 Å². The van der Waals surface area contributed by atoms with Gasteiger partial charge in [-0.15, -0.1) is 0 Å². The normalized spacial score (nSPS) is 14.8. The van der Waals surface area contributed by atoms with Gasteiger partial charge in [-0.25, -0.2) is 23.1 Å². The Balaban J connectivity index is 1.66. The van der Waals surface area contributed by atoms with Crippen molar-refractivity contribution < 1.29 is 41.9 Å². The summed E-state index contributed by atoms with van der Waals surface area (Å²) in [6, 6.07) is 12.2. The van der Waals surface area contributed by atoms with Crippen LogP contribution in [0.25, 0.3) is 10.8 Å². The van der Waals surface area contributed by atoms with Crippen LogP contribution in [0.4, 0.5) is 19.4 Å². The molecule has 3 atom stereocenters. The topological polar surface area (TPSA) is 130 Å². The number of ether oxygens (including phenoxy) is 1. The Hall–Kier alpha value is -2.99. The quantitative estimate of drug-likeness (QED) is 0.292. The van der Waals surface area contributed by atoms with Crippen molar-refractivity contribution >= 4 is 30.5 Å². The number of anilines is 1. The Labute approximate surface area is 212 Å². The molecule has 0 saturated carbocycles. The molecule has 1 heterocycles. The molecule has 37 heavy (non-hydrogen) atoms. The zero-order chi connectivity index (χ0) is 27.0. The number of aliphatic hydroxyl groups excluding tert-OH is 1. The first kappa shape index (κ1) is 28.6. The van der Waals surface area contributed by atoms with Crippen LogP contribution in [0.15, 0.2) is 54.7 Å². The summed E-state index contributed by atoms with van der Waals surface area (Å²) in [5, 5.41) is 14.6. The molecule has 2 aromatic carbocycles. The second-order valence-electron chi connectivity index (χ2n) is 8.26. The van der Waals surface area contributed by atoms with Gasteiger partial charge in [-0.1, -0.05) is 36.4 Å². The highest BCUT2D eigenvalue weighted by Gasteiger charge is 2.26. The summed E-state index contributed by atoms with van der Waals surface area (Å²) in [6.45, 7) is -0.881. The zero-order valence-corrected chi connectivity index (χ0v) is 21.1. The van der Waals surface area contributed by atoms with Crippen molar-refractivity contribution in [3.63, 3.8) is 0 Å². The molecule has 1 unspecified atom stereocenters. The maximum atomic E-state index is 14.2. The molecule has 200 valence electrons. The van der Waals surface area contributed by atoms with Crippen LogP contribution in [0.3, 0.4) is 0 Å². The number of likely N-dealkylation sites (N-methyl/N-ethyl adjacent to an activating group) is 1. The number of carbonyl (C=O) groups excluding carboxylic acids is 1. The summed E-state index contributed by atoms with van der Waals surface area (Å²) in [5.74, 6) is -1.76. The van der Waals surface area contributed by atoms with E-state index in [1.807, 2.05) is 24.3 Å². The fraction of sp³-hybridized carbons (Fsp3) is 0.333. The number of pyridine rings is 1. The number of halogens is 2. The van der Waals surface area contributed by atoms with E-state index >= 15 is 0 Å². The number of hydrogen-bond donors (Lipinski definition) is 3. The van der Waals surface area contributed by atoms with Gasteiger partial charge in [0.25, 0.3) is 0 Å². The molecule has 10 nitrogen and oxygen atoms in total. The lowest BCUT2D eigenvalue weighted by molar-refractivity contribution is 0.0342. The smallest absolute Gasteiger partial charge is 0.448 e. The van der Waals surface area contributed by atoms with Gasteiger partial charge in [0.2, 0.25) is 0 Å².